The zero-order valence-electron chi connectivity index (χ0n) is 9.83. The van der Waals surface area contributed by atoms with Crippen molar-refractivity contribution < 1.29 is 4.79 Å². The smallest absolute Gasteiger partial charge is 0.221 e. The van der Waals surface area contributed by atoms with Crippen molar-refractivity contribution in [3.63, 3.8) is 0 Å². The lowest BCUT2D eigenvalue weighted by Gasteiger charge is -2.20. The highest BCUT2D eigenvalue weighted by Gasteiger charge is 2.46. The first kappa shape index (κ1) is 12.8. The Morgan fingerprint density at radius 3 is 2.76 bits per heavy atom. The molecule has 0 radical (unpaired) electrons. The average Bonchev–Trinajstić information content (AvgIpc) is 3.10. The summed E-state index contributed by atoms with van der Waals surface area (Å²) in [5.74, 6) is 0.430. The van der Waals surface area contributed by atoms with Gasteiger partial charge in [0.1, 0.15) is 0 Å². The van der Waals surface area contributed by atoms with Crippen molar-refractivity contribution in [2.45, 2.75) is 29.7 Å². The minimum atomic E-state index is -0.122. The highest BCUT2D eigenvalue weighted by Crippen LogP contribution is 2.48. The van der Waals surface area contributed by atoms with E-state index in [2.05, 4.69) is 23.7 Å². The Balaban J connectivity index is 2.18. The van der Waals surface area contributed by atoms with Crippen LogP contribution in [0.2, 0.25) is 0 Å². The second-order valence-electron chi connectivity index (χ2n) is 4.27. The molecule has 2 nitrogen and oxygen atoms in total. The molecule has 92 valence electrons. The monoisotopic (exact) mass is 269 g/mol. The Hall–Kier alpha value is -0.670. The van der Waals surface area contributed by atoms with E-state index < -0.39 is 0 Å². The van der Waals surface area contributed by atoms with Crippen molar-refractivity contribution in [1.29, 1.82) is 0 Å². The van der Waals surface area contributed by atoms with Crippen LogP contribution in [-0.4, -0.2) is 18.0 Å². The first-order valence-corrected chi connectivity index (χ1v) is 7.48. The molecule has 1 fully saturated rings. The van der Waals surface area contributed by atoms with Crippen LogP contribution in [0.15, 0.2) is 29.2 Å². The molecule has 0 atom stereocenters. The molecule has 1 aliphatic rings. The van der Waals surface area contributed by atoms with E-state index in [9.17, 15) is 4.79 Å². The molecule has 1 amide bonds. The fraction of sp³-hybridized carbons (Fsp3) is 0.462. The molecule has 0 spiro atoms. The van der Waals surface area contributed by atoms with Crippen molar-refractivity contribution in [2.24, 2.45) is 0 Å². The summed E-state index contributed by atoms with van der Waals surface area (Å²) in [5.41, 5.74) is 1.12. The van der Waals surface area contributed by atoms with Gasteiger partial charge >= 0.3 is 0 Å². The van der Waals surface area contributed by atoms with Gasteiger partial charge in [0.25, 0.3) is 0 Å². The lowest BCUT2D eigenvalue weighted by molar-refractivity contribution is -0.121. The van der Waals surface area contributed by atoms with E-state index in [0.717, 1.165) is 12.8 Å². The number of carbonyl (C=O) groups is 1. The highest BCUT2D eigenvalue weighted by atomic mass is 35.5. The summed E-state index contributed by atoms with van der Waals surface area (Å²) in [6.07, 6.45) is 4.51. The Kier molecular flexibility index (Phi) is 4.00. The number of amides is 1. The number of alkyl halides is 1. The van der Waals surface area contributed by atoms with Gasteiger partial charge in [0.15, 0.2) is 0 Å². The fourth-order valence-electron chi connectivity index (χ4n) is 2.04. The number of hydrogen-bond acceptors (Lipinski definition) is 2. The van der Waals surface area contributed by atoms with Crippen LogP contribution in [0.1, 0.15) is 24.8 Å². The Labute approximate surface area is 111 Å². The second kappa shape index (κ2) is 5.32. The third kappa shape index (κ3) is 2.78. The van der Waals surface area contributed by atoms with E-state index in [0.29, 0.717) is 12.3 Å². The molecule has 1 aliphatic carbocycles. The van der Waals surface area contributed by atoms with Crippen molar-refractivity contribution in [1.82, 2.24) is 5.32 Å². The van der Waals surface area contributed by atoms with Gasteiger partial charge in [-0.2, -0.15) is 0 Å². The van der Waals surface area contributed by atoms with Crippen LogP contribution in [0.25, 0.3) is 0 Å². The summed E-state index contributed by atoms with van der Waals surface area (Å²) in [7, 11) is 0. The van der Waals surface area contributed by atoms with Crippen LogP contribution >= 0.6 is 23.4 Å². The van der Waals surface area contributed by atoms with E-state index in [4.69, 9.17) is 11.6 Å². The van der Waals surface area contributed by atoms with E-state index in [-0.39, 0.29) is 11.4 Å². The second-order valence-corrected chi connectivity index (χ2v) is 5.50. The Bertz CT molecular complexity index is 418. The van der Waals surface area contributed by atoms with Gasteiger partial charge in [0.2, 0.25) is 5.91 Å². The molecule has 0 aliphatic heterocycles. The van der Waals surface area contributed by atoms with Gasteiger partial charge in [-0.25, -0.2) is 0 Å². The molecular weight excluding hydrogens is 254 g/mol. The number of rotatable bonds is 5. The summed E-state index contributed by atoms with van der Waals surface area (Å²) in [6, 6.07) is 8.28. The standard InChI is InChI=1S/C13H16ClNOS/c1-17-11-5-3-2-4-10(11)13(7-8-13)15-12(16)6-9-14/h2-5H,6-9H2,1H3,(H,15,16). The van der Waals surface area contributed by atoms with Gasteiger partial charge in [-0.15, -0.1) is 23.4 Å². The molecule has 0 unspecified atom stereocenters. The molecule has 2 rings (SSSR count). The zero-order chi connectivity index (χ0) is 12.3. The number of benzene rings is 1. The van der Waals surface area contributed by atoms with E-state index in [1.165, 1.54) is 10.5 Å². The molecule has 0 aromatic heterocycles. The first-order valence-electron chi connectivity index (χ1n) is 5.72. The summed E-state index contributed by atoms with van der Waals surface area (Å²) in [4.78, 5) is 12.9. The third-order valence-electron chi connectivity index (χ3n) is 3.07. The molecule has 0 saturated heterocycles. The van der Waals surface area contributed by atoms with Gasteiger partial charge in [0, 0.05) is 17.2 Å². The van der Waals surface area contributed by atoms with Crippen LogP contribution in [0.3, 0.4) is 0 Å². The number of halogens is 1. The third-order valence-corrected chi connectivity index (χ3v) is 4.06. The summed E-state index contributed by atoms with van der Waals surface area (Å²) >= 11 is 7.31. The summed E-state index contributed by atoms with van der Waals surface area (Å²) in [5, 5.41) is 3.12. The van der Waals surface area contributed by atoms with Gasteiger partial charge < -0.3 is 5.32 Å². The quantitative estimate of drug-likeness (QED) is 0.657. The van der Waals surface area contributed by atoms with Crippen LogP contribution in [0.5, 0.6) is 0 Å². The fourth-order valence-corrected chi connectivity index (χ4v) is 2.91. The van der Waals surface area contributed by atoms with Crippen molar-refractivity contribution in [2.75, 3.05) is 12.1 Å². The highest BCUT2D eigenvalue weighted by molar-refractivity contribution is 7.98. The van der Waals surface area contributed by atoms with Gasteiger partial charge in [-0.1, -0.05) is 18.2 Å². The molecule has 0 bridgehead atoms. The maximum absolute atomic E-state index is 11.7. The number of hydrogen-bond donors (Lipinski definition) is 1. The SMILES string of the molecule is CSc1ccccc1C1(NC(=O)CCCl)CC1. The summed E-state index contributed by atoms with van der Waals surface area (Å²) in [6.45, 7) is 0. The first-order chi connectivity index (χ1) is 8.22. The Morgan fingerprint density at radius 2 is 2.18 bits per heavy atom. The van der Waals surface area contributed by atoms with E-state index >= 15 is 0 Å². The van der Waals surface area contributed by atoms with E-state index in [1.807, 2.05) is 12.1 Å². The molecular formula is C13H16ClNOS. The van der Waals surface area contributed by atoms with Gasteiger partial charge in [0.05, 0.1) is 5.54 Å². The molecule has 0 heterocycles. The largest absolute Gasteiger partial charge is 0.347 e. The lowest BCUT2D eigenvalue weighted by Crippen LogP contribution is -2.35. The number of thioether (sulfide) groups is 1. The van der Waals surface area contributed by atoms with Crippen LogP contribution < -0.4 is 5.32 Å². The minimum Gasteiger partial charge on any atom is -0.347 e. The van der Waals surface area contributed by atoms with Crippen LogP contribution in [0, 0.1) is 0 Å². The number of nitrogens with one attached hydrogen (secondary N) is 1. The topological polar surface area (TPSA) is 29.1 Å². The predicted octanol–water partition coefficient (Wildman–Crippen LogP) is 3.14. The minimum absolute atomic E-state index is 0.0495. The maximum atomic E-state index is 11.7. The van der Waals surface area contributed by atoms with Gasteiger partial charge in [-0.05, 0) is 30.7 Å². The average molecular weight is 270 g/mol. The van der Waals surface area contributed by atoms with Crippen LogP contribution in [0.4, 0.5) is 0 Å². The van der Waals surface area contributed by atoms with Crippen molar-refractivity contribution >= 4 is 29.3 Å². The molecule has 1 aromatic carbocycles. The molecule has 1 N–H and O–H groups in total. The Morgan fingerprint density at radius 1 is 1.47 bits per heavy atom. The molecule has 4 heteroatoms. The summed E-state index contributed by atoms with van der Waals surface area (Å²) < 4.78 is 0. The molecule has 1 saturated carbocycles. The van der Waals surface area contributed by atoms with Crippen molar-refractivity contribution in [3.8, 4) is 0 Å². The van der Waals surface area contributed by atoms with E-state index in [1.54, 1.807) is 11.8 Å². The number of carbonyl (C=O) groups excluding carboxylic acids is 1. The normalized spacial score (nSPS) is 16.6. The lowest BCUT2D eigenvalue weighted by atomic mass is 10.0. The molecule has 17 heavy (non-hydrogen) atoms. The van der Waals surface area contributed by atoms with Gasteiger partial charge in [-0.3, -0.25) is 4.79 Å². The zero-order valence-corrected chi connectivity index (χ0v) is 11.4. The molecule has 1 aromatic rings. The maximum Gasteiger partial charge on any atom is 0.221 e. The van der Waals surface area contributed by atoms with Crippen LogP contribution in [-0.2, 0) is 10.3 Å². The van der Waals surface area contributed by atoms with Crippen molar-refractivity contribution in [3.05, 3.63) is 29.8 Å². The predicted molar refractivity (Wildman–Crippen MR) is 72.6 cm³/mol.